The van der Waals surface area contributed by atoms with Crippen LogP contribution in [0.5, 0.6) is 5.88 Å². The van der Waals surface area contributed by atoms with E-state index in [2.05, 4.69) is 24.1 Å². The zero-order valence-electron chi connectivity index (χ0n) is 12.6. The van der Waals surface area contributed by atoms with Crippen LogP contribution in [-0.2, 0) is 4.79 Å². The van der Waals surface area contributed by atoms with Gasteiger partial charge in [0, 0.05) is 12.5 Å². The summed E-state index contributed by atoms with van der Waals surface area (Å²) in [6, 6.07) is 3.53. The predicted molar refractivity (Wildman–Crippen MR) is 80.7 cm³/mol. The number of nitrogens with zero attached hydrogens (tertiary/aromatic N) is 1. The molecule has 1 heterocycles. The van der Waals surface area contributed by atoms with Gasteiger partial charge in [0.05, 0.1) is 18.5 Å². The normalized spacial score (nSPS) is 12.2. The summed E-state index contributed by atoms with van der Waals surface area (Å²) in [7, 11) is 0. The van der Waals surface area contributed by atoms with Crippen LogP contribution in [-0.4, -0.2) is 24.0 Å². The van der Waals surface area contributed by atoms with Gasteiger partial charge in [-0.05, 0) is 37.8 Å². The van der Waals surface area contributed by atoms with Gasteiger partial charge in [-0.25, -0.2) is 4.98 Å². The zero-order valence-corrected chi connectivity index (χ0v) is 12.6. The molecule has 3 N–H and O–H groups in total. The number of amides is 1. The van der Waals surface area contributed by atoms with E-state index in [9.17, 15) is 4.79 Å². The number of pyridine rings is 1. The Morgan fingerprint density at radius 1 is 1.45 bits per heavy atom. The van der Waals surface area contributed by atoms with Gasteiger partial charge in [0.2, 0.25) is 11.8 Å². The Balaban J connectivity index is 2.48. The molecule has 1 amide bonds. The number of hydrogen-bond acceptors (Lipinski definition) is 4. The highest BCUT2D eigenvalue weighted by molar-refractivity contribution is 5.90. The third kappa shape index (κ3) is 6.02. The highest BCUT2D eigenvalue weighted by Gasteiger charge is 2.14. The molecule has 0 spiro atoms. The molecule has 1 aromatic rings. The minimum atomic E-state index is -0.0212. The monoisotopic (exact) mass is 279 g/mol. The van der Waals surface area contributed by atoms with E-state index in [1.165, 1.54) is 0 Å². The predicted octanol–water partition coefficient (Wildman–Crippen LogP) is 2.43. The molecule has 20 heavy (non-hydrogen) atoms. The van der Waals surface area contributed by atoms with Crippen LogP contribution in [0.1, 0.15) is 33.6 Å². The molecule has 112 valence electrons. The number of hydrogen-bond donors (Lipinski definition) is 2. The number of nitrogens with two attached hydrogens (primary N) is 1. The van der Waals surface area contributed by atoms with Crippen LogP contribution in [0.15, 0.2) is 18.3 Å². The molecule has 0 aliphatic rings. The summed E-state index contributed by atoms with van der Waals surface area (Å²) in [6.45, 7) is 7.28. The Morgan fingerprint density at radius 3 is 2.70 bits per heavy atom. The van der Waals surface area contributed by atoms with Gasteiger partial charge < -0.3 is 15.8 Å². The van der Waals surface area contributed by atoms with Gasteiger partial charge in [0.15, 0.2) is 0 Å². The number of aromatic nitrogens is 1. The summed E-state index contributed by atoms with van der Waals surface area (Å²) in [4.78, 5) is 16.1. The van der Waals surface area contributed by atoms with Crippen molar-refractivity contribution in [2.45, 2.75) is 33.6 Å². The summed E-state index contributed by atoms with van der Waals surface area (Å²) in [5.74, 6) is 1.31. The summed E-state index contributed by atoms with van der Waals surface area (Å²) in [6.07, 6.45) is 3.01. The van der Waals surface area contributed by atoms with Gasteiger partial charge in [-0.15, -0.1) is 0 Å². The van der Waals surface area contributed by atoms with Gasteiger partial charge >= 0.3 is 0 Å². The van der Waals surface area contributed by atoms with Crippen LogP contribution in [0.2, 0.25) is 0 Å². The third-order valence-electron chi connectivity index (χ3n) is 2.92. The summed E-state index contributed by atoms with van der Waals surface area (Å²) in [5, 5.41) is 2.84. The van der Waals surface area contributed by atoms with Gasteiger partial charge in [-0.3, -0.25) is 4.79 Å². The number of carbonyl (C=O) groups excluding carboxylic acids is 1. The van der Waals surface area contributed by atoms with Crippen molar-refractivity contribution in [3.63, 3.8) is 0 Å². The van der Waals surface area contributed by atoms with Gasteiger partial charge in [0.1, 0.15) is 0 Å². The van der Waals surface area contributed by atoms with Crippen molar-refractivity contribution in [2.75, 3.05) is 18.5 Å². The number of nitrogens with one attached hydrogen (secondary N) is 1. The molecule has 5 nitrogen and oxygen atoms in total. The van der Waals surface area contributed by atoms with Crippen LogP contribution < -0.4 is 15.8 Å². The van der Waals surface area contributed by atoms with Crippen molar-refractivity contribution in [1.82, 2.24) is 4.98 Å². The quantitative estimate of drug-likeness (QED) is 0.766. The topological polar surface area (TPSA) is 77.2 Å². The maximum Gasteiger partial charge on any atom is 0.224 e. The molecule has 1 rings (SSSR count). The first kappa shape index (κ1) is 16.4. The van der Waals surface area contributed by atoms with Gasteiger partial charge in [-0.1, -0.05) is 13.8 Å². The van der Waals surface area contributed by atoms with Crippen molar-refractivity contribution < 1.29 is 9.53 Å². The van der Waals surface area contributed by atoms with Crippen molar-refractivity contribution in [1.29, 1.82) is 0 Å². The molecule has 1 aromatic heterocycles. The Bertz CT molecular complexity index is 404. The van der Waals surface area contributed by atoms with Crippen LogP contribution >= 0.6 is 0 Å². The maximum atomic E-state index is 11.9. The lowest BCUT2D eigenvalue weighted by molar-refractivity contribution is -0.117. The number of carbonyl (C=O) groups is 1. The Kier molecular flexibility index (Phi) is 7.01. The molecule has 0 saturated carbocycles. The van der Waals surface area contributed by atoms with E-state index < -0.39 is 0 Å². The zero-order chi connectivity index (χ0) is 15.0. The Morgan fingerprint density at radius 2 is 2.20 bits per heavy atom. The maximum absolute atomic E-state index is 11.9. The largest absolute Gasteiger partial charge is 0.478 e. The van der Waals surface area contributed by atoms with E-state index in [0.717, 1.165) is 6.42 Å². The molecular formula is C15H25N3O2. The van der Waals surface area contributed by atoms with Crippen LogP contribution in [0, 0.1) is 11.8 Å². The smallest absolute Gasteiger partial charge is 0.224 e. The molecule has 0 aliphatic heterocycles. The first-order chi connectivity index (χ1) is 9.55. The first-order valence-electron chi connectivity index (χ1n) is 7.13. The van der Waals surface area contributed by atoms with Crippen LogP contribution in [0.4, 0.5) is 5.69 Å². The standard InChI is InChI=1S/C15H25N3O2/c1-4-20-15-6-5-13(10-17-15)18-14(19)8-12(9-16)7-11(2)3/h5-6,10-12H,4,7-9,16H2,1-3H3,(H,18,19). The fourth-order valence-electron chi connectivity index (χ4n) is 2.09. The average molecular weight is 279 g/mol. The third-order valence-corrected chi connectivity index (χ3v) is 2.92. The molecule has 0 aromatic carbocycles. The molecule has 1 atom stereocenters. The molecule has 5 heteroatoms. The van der Waals surface area contributed by atoms with Crippen LogP contribution in [0.25, 0.3) is 0 Å². The van der Waals surface area contributed by atoms with E-state index in [1.54, 1.807) is 18.3 Å². The van der Waals surface area contributed by atoms with E-state index in [1.807, 2.05) is 6.92 Å². The van der Waals surface area contributed by atoms with Crippen molar-refractivity contribution in [2.24, 2.45) is 17.6 Å². The van der Waals surface area contributed by atoms with Gasteiger partial charge in [-0.2, -0.15) is 0 Å². The molecule has 1 unspecified atom stereocenters. The average Bonchev–Trinajstić information content (AvgIpc) is 2.40. The number of rotatable bonds is 8. The SMILES string of the molecule is CCOc1ccc(NC(=O)CC(CN)CC(C)C)cn1. The molecular weight excluding hydrogens is 254 g/mol. The summed E-state index contributed by atoms with van der Waals surface area (Å²) in [5.41, 5.74) is 6.39. The second-order valence-corrected chi connectivity index (χ2v) is 5.30. The molecule has 0 aliphatic carbocycles. The lowest BCUT2D eigenvalue weighted by atomic mass is 9.94. The van der Waals surface area contributed by atoms with E-state index in [4.69, 9.17) is 10.5 Å². The van der Waals surface area contributed by atoms with E-state index in [0.29, 0.717) is 37.1 Å². The lowest BCUT2D eigenvalue weighted by Crippen LogP contribution is -2.23. The van der Waals surface area contributed by atoms with Crippen molar-refractivity contribution in [3.05, 3.63) is 18.3 Å². The minimum absolute atomic E-state index is 0.0212. The minimum Gasteiger partial charge on any atom is -0.478 e. The number of ether oxygens (including phenoxy) is 1. The molecule has 0 saturated heterocycles. The van der Waals surface area contributed by atoms with Crippen molar-refractivity contribution >= 4 is 11.6 Å². The van der Waals surface area contributed by atoms with Gasteiger partial charge in [0.25, 0.3) is 0 Å². The Labute approximate surface area is 120 Å². The molecule has 0 radical (unpaired) electrons. The fourth-order valence-corrected chi connectivity index (χ4v) is 2.09. The Hall–Kier alpha value is -1.62. The van der Waals surface area contributed by atoms with Crippen LogP contribution in [0.3, 0.4) is 0 Å². The van der Waals surface area contributed by atoms with E-state index in [-0.39, 0.29) is 11.8 Å². The fraction of sp³-hybridized carbons (Fsp3) is 0.600. The molecule has 0 fully saturated rings. The summed E-state index contributed by atoms with van der Waals surface area (Å²) >= 11 is 0. The van der Waals surface area contributed by atoms with E-state index >= 15 is 0 Å². The second-order valence-electron chi connectivity index (χ2n) is 5.30. The summed E-state index contributed by atoms with van der Waals surface area (Å²) < 4.78 is 5.25. The first-order valence-corrected chi connectivity index (χ1v) is 7.13. The molecule has 0 bridgehead atoms. The highest BCUT2D eigenvalue weighted by atomic mass is 16.5. The number of anilines is 1. The van der Waals surface area contributed by atoms with Crippen molar-refractivity contribution in [3.8, 4) is 5.88 Å². The lowest BCUT2D eigenvalue weighted by Gasteiger charge is -2.16. The second kappa shape index (κ2) is 8.53. The highest BCUT2D eigenvalue weighted by Crippen LogP contribution is 2.16.